The minimum atomic E-state index is -0.261. The summed E-state index contributed by atoms with van der Waals surface area (Å²) in [7, 11) is 1.93. The van der Waals surface area contributed by atoms with Gasteiger partial charge in [0.2, 0.25) is 0 Å². The van der Waals surface area contributed by atoms with E-state index in [2.05, 4.69) is 21.1 Å². The molecule has 4 rings (SSSR count). The van der Waals surface area contributed by atoms with Crippen LogP contribution in [0.5, 0.6) is 0 Å². The van der Waals surface area contributed by atoms with Crippen molar-refractivity contribution in [3.05, 3.63) is 59.2 Å². The maximum Gasteiger partial charge on any atom is 0.173 e. The maximum absolute atomic E-state index is 13.2. The zero-order valence-electron chi connectivity index (χ0n) is 18.5. The highest BCUT2D eigenvalue weighted by atomic mass is 19.1. The molecule has 4 aromatic heterocycles. The van der Waals surface area contributed by atoms with Gasteiger partial charge in [0.15, 0.2) is 11.5 Å². The second-order valence-corrected chi connectivity index (χ2v) is 6.07. The molecule has 0 spiro atoms. The fraction of sp³-hybridized carbons (Fsp3) is 0.409. The molecule has 0 unspecified atom stereocenters. The average molecular weight is 386 g/mol. The van der Waals surface area contributed by atoms with Gasteiger partial charge in [0.05, 0.1) is 11.4 Å². The molecule has 0 radical (unpaired) electrons. The van der Waals surface area contributed by atoms with E-state index in [1.165, 1.54) is 11.5 Å². The van der Waals surface area contributed by atoms with Gasteiger partial charge in [0, 0.05) is 36.7 Å². The molecular weight excluding hydrogens is 353 g/mol. The predicted octanol–water partition coefficient (Wildman–Crippen LogP) is 5.73. The van der Waals surface area contributed by atoms with Crippen LogP contribution in [-0.2, 0) is 7.05 Å². The smallest absolute Gasteiger partial charge is 0.173 e. The topological polar surface area (TPSA) is 48.0 Å². The number of imidazole rings is 1. The molecule has 0 fully saturated rings. The quantitative estimate of drug-likeness (QED) is 0.388. The Balaban J connectivity index is 0.000000238. The van der Waals surface area contributed by atoms with Gasteiger partial charge in [-0.3, -0.25) is 9.67 Å². The Hall–Kier alpha value is -2.76. The molecule has 0 aliphatic rings. The highest BCUT2D eigenvalue weighted by molar-refractivity contribution is 5.80. The van der Waals surface area contributed by atoms with Crippen LogP contribution in [0.3, 0.4) is 0 Å². The van der Waals surface area contributed by atoms with Crippen LogP contribution in [0.15, 0.2) is 30.7 Å². The Bertz CT molecular complexity index is 946. The van der Waals surface area contributed by atoms with Gasteiger partial charge in [-0.15, -0.1) is 0 Å². The van der Waals surface area contributed by atoms with Crippen molar-refractivity contribution in [1.82, 2.24) is 24.1 Å². The van der Waals surface area contributed by atoms with Crippen molar-refractivity contribution >= 4 is 16.6 Å². The summed E-state index contributed by atoms with van der Waals surface area (Å²) in [5.74, 6) is -0.261. The van der Waals surface area contributed by atoms with E-state index in [4.69, 9.17) is 0 Å². The Labute approximate surface area is 167 Å². The average Bonchev–Trinajstić information content (AvgIpc) is 3.21. The van der Waals surface area contributed by atoms with Crippen LogP contribution in [0, 0.1) is 33.5 Å². The van der Waals surface area contributed by atoms with Gasteiger partial charge >= 0.3 is 0 Å². The highest BCUT2D eigenvalue weighted by Crippen LogP contribution is 2.15. The number of aryl methyl sites for hydroxylation is 5. The van der Waals surface area contributed by atoms with Crippen LogP contribution in [0.25, 0.3) is 16.6 Å². The van der Waals surface area contributed by atoms with Gasteiger partial charge in [0.1, 0.15) is 5.52 Å². The lowest BCUT2D eigenvalue weighted by Gasteiger charge is -1.96. The Morgan fingerprint density at radius 2 is 1.46 bits per heavy atom. The van der Waals surface area contributed by atoms with E-state index in [1.807, 2.05) is 85.7 Å². The molecular formula is C22H32FN5. The number of hydrogen-bond donors (Lipinski definition) is 0. The third-order valence-corrected chi connectivity index (χ3v) is 3.67. The third kappa shape index (κ3) is 5.62. The molecule has 6 heteroatoms. The second-order valence-electron chi connectivity index (χ2n) is 6.07. The van der Waals surface area contributed by atoms with Crippen LogP contribution < -0.4 is 0 Å². The summed E-state index contributed by atoms with van der Waals surface area (Å²) in [6.07, 6.45) is 5.68. The molecule has 4 aromatic rings. The number of pyridine rings is 2. The van der Waals surface area contributed by atoms with E-state index in [0.29, 0.717) is 5.65 Å². The number of fused-ring (bicyclic) bond motifs is 2. The molecule has 0 aliphatic heterocycles. The van der Waals surface area contributed by atoms with Gasteiger partial charge in [-0.25, -0.2) is 9.37 Å². The number of hydrogen-bond acceptors (Lipinski definition) is 3. The van der Waals surface area contributed by atoms with Crippen LogP contribution in [0.4, 0.5) is 4.39 Å². The number of rotatable bonds is 0. The molecule has 0 N–H and O–H groups in total. The van der Waals surface area contributed by atoms with Crippen molar-refractivity contribution < 1.29 is 4.39 Å². The van der Waals surface area contributed by atoms with Crippen molar-refractivity contribution in [2.45, 2.75) is 55.4 Å². The van der Waals surface area contributed by atoms with E-state index in [9.17, 15) is 4.39 Å². The summed E-state index contributed by atoms with van der Waals surface area (Å²) in [6.45, 7) is 15.7. The van der Waals surface area contributed by atoms with Crippen molar-refractivity contribution in [1.29, 1.82) is 0 Å². The van der Waals surface area contributed by atoms with E-state index >= 15 is 0 Å². The van der Waals surface area contributed by atoms with Crippen molar-refractivity contribution in [3.63, 3.8) is 0 Å². The zero-order chi connectivity index (χ0) is 21.4. The first-order valence-corrected chi connectivity index (χ1v) is 9.72. The van der Waals surface area contributed by atoms with Crippen LogP contribution in [-0.4, -0.2) is 24.1 Å². The summed E-state index contributed by atoms with van der Waals surface area (Å²) >= 11 is 0. The lowest BCUT2D eigenvalue weighted by molar-refractivity contribution is 0.628. The standard InChI is InChI=1S/C9H9FN2.C9H11N3.2C2H6/c1-6-3-8(10)9-11-7(2)5-12(9)4-6;1-6-4-8-5-12(3)11-9(8)7(2)10-6;2*1-2/h3-5H,1-2H3;4-5H,1-3H3;2*1-2H3. The molecule has 0 amide bonds. The number of nitrogens with zero attached hydrogens (tertiary/aromatic N) is 5. The summed E-state index contributed by atoms with van der Waals surface area (Å²) in [4.78, 5) is 8.38. The minimum Gasteiger partial charge on any atom is -0.304 e. The summed E-state index contributed by atoms with van der Waals surface area (Å²) in [5, 5.41) is 5.48. The molecule has 0 saturated carbocycles. The van der Waals surface area contributed by atoms with Crippen molar-refractivity contribution in [3.8, 4) is 0 Å². The minimum absolute atomic E-state index is 0.261. The fourth-order valence-electron chi connectivity index (χ4n) is 2.78. The largest absolute Gasteiger partial charge is 0.304 e. The van der Waals surface area contributed by atoms with Gasteiger partial charge in [-0.1, -0.05) is 27.7 Å². The SMILES string of the molecule is CC.CC.Cc1cc(F)c2nc(C)cn2c1.Cc1cc2cn(C)nc2c(C)n1. The lowest BCUT2D eigenvalue weighted by Crippen LogP contribution is -1.89. The maximum atomic E-state index is 13.2. The number of aromatic nitrogens is 5. The first kappa shape index (κ1) is 23.3. The highest BCUT2D eigenvalue weighted by Gasteiger charge is 2.04. The lowest BCUT2D eigenvalue weighted by atomic mass is 10.2. The van der Waals surface area contributed by atoms with Gasteiger partial charge in [-0.05, 0) is 45.4 Å². The van der Waals surface area contributed by atoms with E-state index in [-0.39, 0.29) is 5.82 Å². The summed E-state index contributed by atoms with van der Waals surface area (Å²) in [6, 6.07) is 3.54. The van der Waals surface area contributed by atoms with Crippen LogP contribution in [0.1, 0.15) is 50.3 Å². The van der Waals surface area contributed by atoms with Crippen molar-refractivity contribution in [2.24, 2.45) is 7.05 Å². The molecule has 5 nitrogen and oxygen atoms in total. The fourth-order valence-corrected chi connectivity index (χ4v) is 2.78. The molecule has 0 bridgehead atoms. The van der Waals surface area contributed by atoms with Crippen molar-refractivity contribution in [2.75, 3.05) is 0 Å². The van der Waals surface area contributed by atoms with E-state index in [0.717, 1.165) is 28.2 Å². The Kier molecular flexibility index (Phi) is 8.76. The normalized spacial score (nSPS) is 9.79. The van der Waals surface area contributed by atoms with E-state index in [1.54, 1.807) is 4.40 Å². The zero-order valence-corrected chi connectivity index (χ0v) is 18.5. The second kappa shape index (κ2) is 10.5. The molecule has 0 saturated heterocycles. The first-order valence-electron chi connectivity index (χ1n) is 9.72. The van der Waals surface area contributed by atoms with Crippen LogP contribution >= 0.6 is 0 Å². The molecule has 0 aromatic carbocycles. The van der Waals surface area contributed by atoms with Gasteiger partial charge < -0.3 is 4.40 Å². The van der Waals surface area contributed by atoms with Gasteiger partial charge in [0.25, 0.3) is 0 Å². The Morgan fingerprint density at radius 3 is 2.11 bits per heavy atom. The molecule has 152 valence electrons. The summed E-state index contributed by atoms with van der Waals surface area (Å²) < 4.78 is 16.7. The Morgan fingerprint density at radius 1 is 0.821 bits per heavy atom. The molecule has 28 heavy (non-hydrogen) atoms. The first-order chi connectivity index (χ1) is 13.3. The number of halogens is 1. The summed E-state index contributed by atoms with van der Waals surface area (Å²) in [5.41, 5.74) is 5.19. The third-order valence-electron chi connectivity index (χ3n) is 3.67. The molecule has 0 atom stereocenters. The monoisotopic (exact) mass is 385 g/mol. The molecule has 4 heterocycles. The predicted molar refractivity (Wildman–Crippen MR) is 115 cm³/mol. The molecule has 0 aliphatic carbocycles. The van der Waals surface area contributed by atoms with Gasteiger partial charge in [-0.2, -0.15) is 5.10 Å². The van der Waals surface area contributed by atoms with Crippen LogP contribution in [0.2, 0.25) is 0 Å². The van der Waals surface area contributed by atoms with E-state index < -0.39 is 0 Å².